The first-order valence-corrected chi connectivity index (χ1v) is 4.18. The van der Waals surface area contributed by atoms with E-state index < -0.39 is 0 Å². The van der Waals surface area contributed by atoms with Crippen molar-refractivity contribution in [2.24, 2.45) is 0 Å². The van der Waals surface area contributed by atoms with Crippen molar-refractivity contribution in [3.05, 3.63) is 0 Å². The summed E-state index contributed by atoms with van der Waals surface area (Å²) in [6.45, 7) is 2.85. The highest BCUT2D eigenvalue weighted by atomic mass is 16.5. The van der Waals surface area contributed by atoms with Crippen molar-refractivity contribution < 1.29 is 14.9 Å². The lowest BCUT2D eigenvalue weighted by Crippen LogP contribution is -1.92. The highest BCUT2D eigenvalue weighted by molar-refractivity contribution is 4.72. The van der Waals surface area contributed by atoms with Gasteiger partial charge in [-0.1, -0.05) is 6.92 Å². The molecule has 3 nitrogen and oxygen atoms in total. The molecule has 1 saturated carbocycles. The molecular formula is C8H18O3. The van der Waals surface area contributed by atoms with Crippen molar-refractivity contribution in [2.45, 2.75) is 32.3 Å². The molecule has 1 aliphatic carbocycles. The summed E-state index contributed by atoms with van der Waals surface area (Å²) in [5.74, 6) is 0. The maximum absolute atomic E-state index is 7.62. The third-order valence-corrected chi connectivity index (χ3v) is 1.18. The van der Waals surface area contributed by atoms with Crippen LogP contribution < -0.4 is 0 Å². The molecule has 0 aromatic heterocycles. The molecule has 1 aliphatic rings. The maximum atomic E-state index is 7.62. The fraction of sp³-hybridized carbons (Fsp3) is 1.00. The average molecular weight is 162 g/mol. The van der Waals surface area contributed by atoms with Gasteiger partial charge in [0.1, 0.15) is 0 Å². The van der Waals surface area contributed by atoms with Crippen LogP contribution in [0.3, 0.4) is 0 Å². The molecule has 0 atom stereocenters. The zero-order valence-electron chi connectivity index (χ0n) is 7.12. The molecule has 0 unspecified atom stereocenters. The standard InChI is InChI=1S/C6H12O.C2H6O2/c1-2-5-7-6-3-4-6;3-1-2-4/h6H,2-5H2,1H3;3-4H,1-2H2. The molecule has 0 amide bonds. The second-order valence-electron chi connectivity index (χ2n) is 2.52. The van der Waals surface area contributed by atoms with Gasteiger partial charge in [0.25, 0.3) is 0 Å². The van der Waals surface area contributed by atoms with Crippen LogP contribution in [0.2, 0.25) is 0 Å². The number of hydrogen-bond acceptors (Lipinski definition) is 3. The van der Waals surface area contributed by atoms with Crippen molar-refractivity contribution in [2.75, 3.05) is 19.8 Å². The van der Waals surface area contributed by atoms with Crippen LogP contribution in [0.25, 0.3) is 0 Å². The summed E-state index contributed by atoms with van der Waals surface area (Å²) in [7, 11) is 0. The van der Waals surface area contributed by atoms with Gasteiger partial charge in [-0.2, -0.15) is 0 Å². The third kappa shape index (κ3) is 9.88. The van der Waals surface area contributed by atoms with Gasteiger partial charge >= 0.3 is 0 Å². The molecule has 11 heavy (non-hydrogen) atoms. The third-order valence-electron chi connectivity index (χ3n) is 1.18. The van der Waals surface area contributed by atoms with Crippen LogP contribution in [0.4, 0.5) is 0 Å². The zero-order chi connectivity index (χ0) is 8.53. The van der Waals surface area contributed by atoms with E-state index in [0.717, 1.165) is 13.0 Å². The normalized spacial score (nSPS) is 15.5. The lowest BCUT2D eigenvalue weighted by Gasteiger charge is -1.94. The van der Waals surface area contributed by atoms with Crippen molar-refractivity contribution in [3.8, 4) is 0 Å². The second-order valence-corrected chi connectivity index (χ2v) is 2.52. The van der Waals surface area contributed by atoms with E-state index in [4.69, 9.17) is 14.9 Å². The molecule has 0 aliphatic heterocycles. The molecule has 1 rings (SSSR count). The zero-order valence-corrected chi connectivity index (χ0v) is 7.12. The van der Waals surface area contributed by atoms with Gasteiger partial charge in [-0.3, -0.25) is 0 Å². The highest BCUT2D eigenvalue weighted by Crippen LogP contribution is 2.23. The Morgan fingerprint density at radius 2 is 1.82 bits per heavy atom. The van der Waals surface area contributed by atoms with Gasteiger partial charge in [0, 0.05) is 6.61 Å². The summed E-state index contributed by atoms with van der Waals surface area (Å²) < 4.78 is 5.30. The minimum Gasteiger partial charge on any atom is -0.394 e. The van der Waals surface area contributed by atoms with Crippen molar-refractivity contribution in [3.63, 3.8) is 0 Å². The Bertz CT molecular complexity index is 69.7. The molecule has 0 aromatic rings. The SMILES string of the molecule is CCCOC1CC1.OCCO. The van der Waals surface area contributed by atoms with Gasteiger partial charge in [-0.25, -0.2) is 0 Å². The van der Waals surface area contributed by atoms with Crippen LogP contribution >= 0.6 is 0 Å². The first kappa shape index (κ1) is 10.9. The van der Waals surface area contributed by atoms with Gasteiger partial charge in [0.05, 0.1) is 19.3 Å². The van der Waals surface area contributed by atoms with E-state index in [-0.39, 0.29) is 13.2 Å². The lowest BCUT2D eigenvalue weighted by molar-refractivity contribution is 0.120. The molecule has 0 spiro atoms. The number of rotatable bonds is 4. The first-order chi connectivity index (χ1) is 5.35. The Morgan fingerprint density at radius 1 is 1.27 bits per heavy atom. The number of aliphatic hydroxyl groups is 2. The fourth-order valence-corrected chi connectivity index (χ4v) is 0.519. The largest absolute Gasteiger partial charge is 0.394 e. The van der Waals surface area contributed by atoms with Gasteiger partial charge in [0.2, 0.25) is 0 Å². The van der Waals surface area contributed by atoms with Crippen LogP contribution in [0, 0.1) is 0 Å². The number of ether oxygens (including phenoxy) is 1. The van der Waals surface area contributed by atoms with E-state index in [0.29, 0.717) is 6.10 Å². The molecule has 0 saturated heterocycles. The van der Waals surface area contributed by atoms with E-state index in [1.807, 2.05) is 0 Å². The molecule has 1 fully saturated rings. The summed E-state index contributed by atoms with van der Waals surface area (Å²) in [4.78, 5) is 0. The predicted octanol–water partition coefficient (Wildman–Crippen LogP) is 0.546. The Morgan fingerprint density at radius 3 is 2.09 bits per heavy atom. The first-order valence-electron chi connectivity index (χ1n) is 4.18. The van der Waals surface area contributed by atoms with E-state index in [1.54, 1.807) is 0 Å². The van der Waals surface area contributed by atoms with Crippen molar-refractivity contribution in [1.82, 2.24) is 0 Å². The molecule has 0 heterocycles. The van der Waals surface area contributed by atoms with Gasteiger partial charge in [-0.05, 0) is 19.3 Å². The summed E-state index contributed by atoms with van der Waals surface area (Å²) in [5, 5.41) is 15.2. The Kier molecular flexibility index (Phi) is 7.89. The van der Waals surface area contributed by atoms with E-state index in [2.05, 4.69) is 6.92 Å². The van der Waals surface area contributed by atoms with Crippen molar-refractivity contribution in [1.29, 1.82) is 0 Å². The fourth-order valence-electron chi connectivity index (χ4n) is 0.519. The Hall–Kier alpha value is -0.120. The van der Waals surface area contributed by atoms with Crippen LogP contribution in [0.5, 0.6) is 0 Å². The van der Waals surface area contributed by atoms with Crippen LogP contribution in [0.1, 0.15) is 26.2 Å². The minimum absolute atomic E-state index is 0.125. The maximum Gasteiger partial charge on any atom is 0.0662 e. The Labute approximate surface area is 68.0 Å². The summed E-state index contributed by atoms with van der Waals surface area (Å²) in [6.07, 6.45) is 4.43. The second kappa shape index (κ2) is 7.98. The van der Waals surface area contributed by atoms with E-state index >= 15 is 0 Å². The van der Waals surface area contributed by atoms with E-state index in [9.17, 15) is 0 Å². The number of aliphatic hydroxyl groups excluding tert-OH is 2. The average Bonchev–Trinajstić information content (AvgIpc) is 2.85. The summed E-state index contributed by atoms with van der Waals surface area (Å²) in [6, 6.07) is 0. The lowest BCUT2D eigenvalue weighted by atomic mass is 10.5. The van der Waals surface area contributed by atoms with Crippen LogP contribution in [-0.2, 0) is 4.74 Å². The molecular weight excluding hydrogens is 144 g/mol. The van der Waals surface area contributed by atoms with Crippen LogP contribution in [0.15, 0.2) is 0 Å². The molecule has 0 radical (unpaired) electrons. The van der Waals surface area contributed by atoms with Gasteiger partial charge in [0.15, 0.2) is 0 Å². The summed E-state index contributed by atoms with van der Waals surface area (Å²) >= 11 is 0. The monoisotopic (exact) mass is 162 g/mol. The van der Waals surface area contributed by atoms with E-state index in [1.165, 1.54) is 12.8 Å². The summed E-state index contributed by atoms with van der Waals surface area (Å²) in [5.41, 5.74) is 0. The van der Waals surface area contributed by atoms with Gasteiger partial charge in [-0.15, -0.1) is 0 Å². The molecule has 68 valence electrons. The molecule has 2 N–H and O–H groups in total. The smallest absolute Gasteiger partial charge is 0.0662 e. The minimum atomic E-state index is -0.125. The highest BCUT2D eigenvalue weighted by Gasteiger charge is 2.20. The molecule has 0 bridgehead atoms. The predicted molar refractivity (Wildman–Crippen MR) is 43.4 cm³/mol. The quantitative estimate of drug-likeness (QED) is 0.634. The van der Waals surface area contributed by atoms with Gasteiger partial charge < -0.3 is 14.9 Å². The number of hydrogen-bond donors (Lipinski definition) is 2. The molecule has 3 heteroatoms. The van der Waals surface area contributed by atoms with Crippen LogP contribution in [-0.4, -0.2) is 36.1 Å². The Balaban J connectivity index is 0.000000218. The van der Waals surface area contributed by atoms with Crippen molar-refractivity contribution >= 4 is 0 Å². The molecule has 0 aromatic carbocycles. The topological polar surface area (TPSA) is 49.7 Å².